The Balaban J connectivity index is 1.85. The molecule has 0 bridgehead atoms. The van der Waals surface area contributed by atoms with Crippen LogP contribution in [0.3, 0.4) is 0 Å². The SMILES string of the molecule is CC[C@H]1C(O)[C@@H](O)[C@H](c2ccc(Cl)c(Cc3ccc(OC)cc3)c2)O[C@@H]1CO. The zero-order chi connectivity index (χ0) is 20.3. The quantitative estimate of drug-likeness (QED) is 0.687. The second-order valence-corrected chi connectivity index (χ2v) is 7.61. The fourth-order valence-electron chi connectivity index (χ4n) is 3.85. The summed E-state index contributed by atoms with van der Waals surface area (Å²) in [6.45, 7) is 1.70. The lowest BCUT2D eigenvalue weighted by Crippen LogP contribution is -2.51. The molecule has 3 N–H and O–H groups in total. The lowest BCUT2D eigenvalue weighted by molar-refractivity contribution is -0.211. The van der Waals surface area contributed by atoms with Crippen LogP contribution in [0.25, 0.3) is 0 Å². The second-order valence-electron chi connectivity index (χ2n) is 7.21. The Morgan fingerprint density at radius 3 is 2.39 bits per heavy atom. The van der Waals surface area contributed by atoms with Crippen molar-refractivity contribution in [2.24, 2.45) is 5.92 Å². The topological polar surface area (TPSA) is 79.2 Å². The van der Waals surface area contributed by atoms with Gasteiger partial charge in [-0.15, -0.1) is 0 Å². The highest BCUT2D eigenvalue weighted by molar-refractivity contribution is 6.31. The summed E-state index contributed by atoms with van der Waals surface area (Å²) in [5, 5.41) is 31.4. The van der Waals surface area contributed by atoms with E-state index < -0.39 is 24.4 Å². The number of halogens is 1. The van der Waals surface area contributed by atoms with E-state index in [4.69, 9.17) is 21.1 Å². The van der Waals surface area contributed by atoms with Crippen LogP contribution in [0, 0.1) is 5.92 Å². The van der Waals surface area contributed by atoms with E-state index in [1.807, 2.05) is 37.3 Å². The molecule has 1 heterocycles. The predicted molar refractivity (Wildman–Crippen MR) is 108 cm³/mol. The molecular formula is C22H27ClO5. The molecule has 0 radical (unpaired) electrons. The molecule has 6 heteroatoms. The molecule has 1 fully saturated rings. The summed E-state index contributed by atoms with van der Waals surface area (Å²) in [5.74, 6) is 0.485. The number of hydrogen-bond donors (Lipinski definition) is 3. The van der Waals surface area contributed by atoms with Crippen LogP contribution in [-0.4, -0.2) is 47.3 Å². The fourth-order valence-corrected chi connectivity index (χ4v) is 4.04. The van der Waals surface area contributed by atoms with Gasteiger partial charge in [-0.3, -0.25) is 0 Å². The van der Waals surface area contributed by atoms with E-state index in [0.29, 0.717) is 17.9 Å². The highest BCUT2D eigenvalue weighted by Gasteiger charge is 2.43. The minimum absolute atomic E-state index is 0.203. The van der Waals surface area contributed by atoms with E-state index in [2.05, 4.69) is 0 Å². The molecular weight excluding hydrogens is 380 g/mol. The summed E-state index contributed by atoms with van der Waals surface area (Å²) < 4.78 is 11.2. The minimum atomic E-state index is -1.07. The monoisotopic (exact) mass is 406 g/mol. The van der Waals surface area contributed by atoms with Crippen LogP contribution in [0.15, 0.2) is 42.5 Å². The van der Waals surface area contributed by atoms with E-state index in [0.717, 1.165) is 22.4 Å². The van der Waals surface area contributed by atoms with Crippen LogP contribution in [0.2, 0.25) is 5.02 Å². The first-order chi connectivity index (χ1) is 13.5. The molecule has 0 amide bonds. The Morgan fingerprint density at radius 1 is 1.07 bits per heavy atom. The van der Waals surface area contributed by atoms with E-state index in [9.17, 15) is 15.3 Å². The van der Waals surface area contributed by atoms with Crippen LogP contribution >= 0.6 is 11.6 Å². The third-order valence-corrected chi connectivity index (χ3v) is 5.87. The van der Waals surface area contributed by atoms with Gasteiger partial charge in [0.1, 0.15) is 18.0 Å². The fraction of sp³-hybridized carbons (Fsp3) is 0.455. The van der Waals surface area contributed by atoms with Crippen LogP contribution in [-0.2, 0) is 11.2 Å². The third kappa shape index (κ3) is 4.34. The van der Waals surface area contributed by atoms with Crippen molar-refractivity contribution in [2.75, 3.05) is 13.7 Å². The molecule has 0 aromatic heterocycles. The number of aliphatic hydroxyl groups is 3. The summed E-state index contributed by atoms with van der Waals surface area (Å²) >= 11 is 6.39. The summed E-state index contributed by atoms with van der Waals surface area (Å²) in [4.78, 5) is 0. The molecule has 1 unspecified atom stereocenters. The van der Waals surface area contributed by atoms with E-state index in [1.165, 1.54) is 0 Å². The standard InChI is InChI=1S/C22H27ClO5/c1-3-17-19(12-24)28-22(21(26)20(17)25)14-6-9-18(23)15(11-14)10-13-4-7-16(27-2)8-5-13/h4-9,11,17,19-22,24-26H,3,10,12H2,1-2H3/t17-,19-,20?,21-,22+/m1/s1. The number of benzene rings is 2. The van der Waals surface area contributed by atoms with Crippen molar-refractivity contribution in [3.8, 4) is 5.75 Å². The van der Waals surface area contributed by atoms with Gasteiger partial charge in [0, 0.05) is 10.9 Å². The van der Waals surface area contributed by atoms with Crippen LogP contribution in [0.4, 0.5) is 0 Å². The first-order valence-corrected chi connectivity index (χ1v) is 9.90. The summed E-state index contributed by atoms with van der Waals surface area (Å²) in [6.07, 6.45) is -2.04. The molecule has 152 valence electrons. The summed E-state index contributed by atoms with van der Waals surface area (Å²) in [7, 11) is 1.63. The molecule has 1 aliphatic heterocycles. The van der Waals surface area contributed by atoms with Gasteiger partial charge >= 0.3 is 0 Å². The molecule has 28 heavy (non-hydrogen) atoms. The van der Waals surface area contributed by atoms with Crippen molar-refractivity contribution in [1.82, 2.24) is 0 Å². The van der Waals surface area contributed by atoms with Crippen molar-refractivity contribution >= 4 is 11.6 Å². The van der Waals surface area contributed by atoms with Gasteiger partial charge in [0.25, 0.3) is 0 Å². The van der Waals surface area contributed by atoms with E-state index in [1.54, 1.807) is 19.2 Å². The number of methoxy groups -OCH3 is 1. The number of aliphatic hydroxyl groups excluding tert-OH is 3. The maximum Gasteiger partial charge on any atom is 0.118 e. The van der Waals surface area contributed by atoms with Gasteiger partial charge in [-0.2, -0.15) is 0 Å². The van der Waals surface area contributed by atoms with Gasteiger partial charge in [-0.05, 0) is 47.7 Å². The Hall–Kier alpha value is -1.63. The predicted octanol–water partition coefficient (Wildman–Crippen LogP) is 3.12. The molecule has 3 rings (SSSR count). The Kier molecular flexibility index (Phi) is 6.96. The van der Waals surface area contributed by atoms with Gasteiger partial charge in [0.15, 0.2) is 0 Å². The van der Waals surface area contributed by atoms with Crippen molar-refractivity contribution in [1.29, 1.82) is 0 Å². The molecule has 5 nitrogen and oxygen atoms in total. The van der Waals surface area contributed by atoms with Gasteiger partial charge in [0.2, 0.25) is 0 Å². The first-order valence-electron chi connectivity index (χ1n) is 9.52. The summed E-state index contributed by atoms with van der Waals surface area (Å²) in [6, 6.07) is 13.2. The molecule has 2 aromatic carbocycles. The number of hydrogen-bond acceptors (Lipinski definition) is 5. The van der Waals surface area contributed by atoms with E-state index in [-0.39, 0.29) is 12.5 Å². The lowest BCUT2D eigenvalue weighted by Gasteiger charge is -2.42. The minimum Gasteiger partial charge on any atom is -0.497 e. The summed E-state index contributed by atoms with van der Waals surface area (Å²) in [5.41, 5.74) is 2.70. The average Bonchev–Trinajstić information content (AvgIpc) is 2.72. The molecule has 1 aliphatic rings. The van der Waals surface area contributed by atoms with Crippen LogP contribution < -0.4 is 4.74 Å². The van der Waals surface area contributed by atoms with Crippen molar-refractivity contribution in [3.05, 3.63) is 64.2 Å². The van der Waals surface area contributed by atoms with Crippen LogP contribution in [0.5, 0.6) is 5.75 Å². The van der Waals surface area contributed by atoms with Crippen molar-refractivity contribution in [3.63, 3.8) is 0 Å². The molecule has 2 aromatic rings. The number of ether oxygens (including phenoxy) is 2. The third-order valence-electron chi connectivity index (χ3n) is 5.50. The van der Waals surface area contributed by atoms with Crippen LogP contribution in [0.1, 0.15) is 36.1 Å². The smallest absolute Gasteiger partial charge is 0.118 e. The maximum absolute atomic E-state index is 10.6. The average molecular weight is 407 g/mol. The number of rotatable bonds is 6. The Bertz CT molecular complexity index is 777. The van der Waals surface area contributed by atoms with Gasteiger partial charge in [0.05, 0.1) is 25.9 Å². The highest BCUT2D eigenvalue weighted by Crippen LogP contribution is 2.37. The van der Waals surface area contributed by atoms with Gasteiger partial charge in [-0.1, -0.05) is 42.8 Å². The van der Waals surface area contributed by atoms with E-state index >= 15 is 0 Å². The highest BCUT2D eigenvalue weighted by atomic mass is 35.5. The van der Waals surface area contributed by atoms with Crippen molar-refractivity contribution < 1.29 is 24.8 Å². The molecule has 5 atom stereocenters. The largest absolute Gasteiger partial charge is 0.497 e. The molecule has 0 saturated carbocycles. The van der Waals surface area contributed by atoms with Gasteiger partial charge in [-0.25, -0.2) is 0 Å². The molecule has 1 saturated heterocycles. The lowest BCUT2D eigenvalue weighted by atomic mass is 9.83. The maximum atomic E-state index is 10.6. The molecule has 0 spiro atoms. The second kappa shape index (κ2) is 9.25. The molecule has 0 aliphatic carbocycles. The first kappa shape index (κ1) is 21.1. The van der Waals surface area contributed by atoms with Gasteiger partial charge < -0.3 is 24.8 Å². The van der Waals surface area contributed by atoms with Crippen molar-refractivity contribution in [2.45, 2.75) is 44.2 Å². The Labute approximate surface area is 170 Å². The normalized spacial score (nSPS) is 27.6. The Morgan fingerprint density at radius 2 is 1.79 bits per heavy atom. The zero-order valence-electron chi connectivity index (χ0n) is 16.1. The zero-order valence-corrected chi connectivity index (χ0v) is 16.8.